The van der Waals surface area contributed by atoms with Gasteiger partial charge in [0.25, 0.3) is 5.91 Å². The minimum atomic E-state index is -0.948. The first-order valence-electron chi connectivity index (χ1n) is 6.73. The van der Waals surface area contributed by atoms with Crippen LogP contribution in [0.25, 0.3) is 0 Å². The standard InChI is InChI=1S/C15H19NO4/c1-15(8-5-9-20-15)14(19)16-12(10-13(17)18)11-6-3-2-4-7-11/h2-4,6-7,12H,5,8-10H2,1H3,(H,16,19)(H,17,18). The third kappa shape index (κ3) is 3.36. The summed E-state index contributed by atoms with van der Waals surface area (Å²) in [5.41, 5.74) is -0.0595. The van der Waals surface area contributed by atoms with E-state index in [1.807, 2.05) is 30.3 Å². The number of carboxylic acids is 1. The second kappa shape index (κ2) is 6.05. The van der Waals surface area contributed by atoms with Crippen molar-refractivity contribution in [3.05, 3.63) is 35.9 Å². The van der Waals surface area contributed by atoms with Crippen molar-refractivity contribution < 1.29 is 19.4 Å². The molecule has 0 aliphatic carbocycles. The summed E-state index contributed by atoms with van der Waals surface area (Å²) in [5.74, 6) is -1.19. The van der Waals surface area contributed by atoms with E-state index >= 15 is 0 Å². The van der Waals surface area contributed by atoms with E-state index in [1.54, 1.807) is 6.92 Å². The molecule has 1 heterocycles. The Hall–Kier alpha value is -1.88. The zero-order valence-corrected chi connectivity index (χ0v) is 11.5. The number of carboxylic acid groups (broad SMARTS) is 1. The number of nitrogens with one attached hydrogen (secondary N) is 1. The summed E-state index contributed by atoms with van der Waals surface area (Å²) in [6.45, 7) is 2.32. The van der Waals surface area contributed by atoms with Crippen LogP contribution in [0.15, 0.2) is 30.3 Å². The number of rotatable bonds is 5. The Balaban J connectivity index is 2.12. The highest BCUT2D eigenvalue weighted by Gasteiger charge is 2.38. The SMILES string of the molecule is CC1(C(=O)NC(CC(=O)O)c2ccccc2)CCCO1. The number of carbonyl (C=O) groups excluding carboxylic acids is 1. The average Bonchev–Trinajstić information content (AvgIpc) is 2.87. The summed E-state index contributed by atoms with van der Waals surface area (Å²) in [5, 5.41) is 11.8. The van der Waals surface area contributed by atoms with E-state index < -0.39 is 17.6 Å². The van der Waals surface area contributed by atoms with E-state index in [0.717, 1.165) is 12.0 Å². The van der Waals surface area contributed by atoms with Gasteiger partial charge in [0.1, 0.15) is 5.60 Å². The number of hydrogen-bond acceptors (Lipinski definition) is 3. The Bertz CT molecular complexity index is 480. The quantitative estimate of drug-likeness (QED) is 0.861. The molecule has 1 fully saturated rings. The molecule has 2 atom stereocenters. The van der Waals surface area contributed by atoms with Gasteiger partial charge in [0.2, 0.25) is 0 Å². The highest BCUT2D eigenvalue weighted by atomic mass is 16.5. The molecular weight excluding hydrogens is 258 g/mol. The van der Waals surface area contributed by atoms with E-state index in [1.165, 1.54) is 0 Å². The van der Waals surface area contributed by atoms with Gasteiger partial charge in [-0.2, -0.15) is 0 Å². The second-order valence-corrected chi connectivity index (χ2v) is 5.22. The monoisotopic (exact) mass is 277 g/mol. The Morgan fingerprint density at radius 3 is 2.65 bits per heavy atom. The molecule has 5 heteroatoms. The van der Waals surface area contributed by atoms with Crippen molar-refractivity contribution in [3.63, 3.8) is 0 Å². The first kappa shape index (κ1) is 14.5. The molecule has 20 heavy (non-hydrogen) atoms. The molecule has 1 aromatic carbocycles. The Morgan fingerprint density at radius 1 is 1.40 bits per heavy atom. The van der Waals surface area contributed by atoms with Gasteiger partial charge in [0, 0.05) is 6.61 Å². The lowest BCUT2D eigenvalue weighted by Crippen LogP contribution is -2.45. The maximum Gasteiger partial charge on any atom is 0.305 e. The van der Waals surface area contributed by atoms with Gasteiger partial charge in [-0.25, -0.2) is 0 Å². The van der Waals surface area contributed by atoms with Crippen molar-refractivity contribution in [2.45, 2.75) is 37.8 Å². The lowest BCUT2D eigenvalue weighted by atomic mass is 9.98. The highest BCUT2D eigenvalue weighted by molar-refractivity contribution is 5.86. The normalized spacial score (nSPS) is 23.2. The highest BCUT2D eigenvalue weighted by Crippen LogP contribution is 2.27. The first-order valence-corrected chi connectivity index (χ1v) is 6.73. The van der Waals surface area contributed by atoms with Crippen LogP contribution in [0.1, 0.15) is 37.8 Å². The number of hydrogen-bond donors (Lipinski definition) is 2. The molecule has 1 amide bonds. The summed E-state index contributed by atoms with van der Waals surface area (Å²) in [6.07, 6.45) is 1.36. The fraction of sp³-hybridized carbons (Fsp3) is 0.467. The van der Waals surface area contributed by atoms with Crippen LogP contribution in [0.2, 0.25) is 0 Å². The van der Waals surface area contributed by atoms with Crippen LogP contribution in [0.5, 0.6) is 0 Å². The van der Waals surface area contributed by atoms with Crippen LogP contribution < -0.4 is 5.32 Å². The Morgan fingerprint density at radius 2 is 2.10 bits per heavy atom. The maximum atomic E-state index is 12.3. The third-order valence-electron chi connectivity index (χ3n) is 3.59. The van der Waals surface area contributed by atoms with Crippen molar-refractivity contribution >= 4 is 11.9 Å². The van der Waals surface area contributed by atoms with E-state index in [2.05, 4.69) is 5.32 Å². The predicted molar refractivity (Wildman–Crippen MR) is 73.2 cm³/mol. The van der Waals surface area contributed by atoms with Gasteiger partial charge in [-0.1, -0.05) is 30.3 Å². The zero-order chi connectivity index (χ0) is 14.6. The predicted octanol–water partition coefficient (Wildman–Crippen LogP) is 1.89. The van der Waals surface area contributed by atoms with E-state index in [0.29, 0.717) is 13.0 Å². The van der Waals surface area contributed by atoms with Gasteiger partial charge in [-0.15, -0.1) is 0 Å². The Labute approximate surface area is 117 Å². The van der Waals surface area contributed by atoms with Crippen LogP contribution in [0, 0.1) is 0 Å². The molecule has 2 rings (SSSR count). The Kier molecular flexibility index (Phi) is 4.39. The molecule has 0 aromatic heterocycles. The van der Waals surface area contributed by atoms with Crippen LogP contribution in [0.3, 0.4) is 0 Å². The number of aliphatic carboxylic acids is 1. The van der Waals surface area contributed by atoms with Crippen molar-refractivity contribution in [2.75, 3.05) is 6.61 Å². The summed E-state index contributed by atoms with van der Waals surface area (Å²) in [7, 11) is 0. The minimum Gasteiger partial charge on any atom is -0.481 e. The van der Waals surface area contributed by atoms with Crippen LogP contribution >= 0.6 is 0 Å². The molecule has 1 saturated heterocycles. The number of benzene rings is 1. The van der Waals surface area contributed by atoms with Gasteiger partial charge in [0.15, 0.2) is 0 Å². The largest absolute Gasteiger partial charge is 0.481 e. The molecule has 2 unspecified atom stereocenters. The lowest BCUT2D eigenvalue weighted by molar-refractivity contribution is -0.141. The average molecular weight is 277 g/mol. The van der Waals surface area contributed by atoms with Gasteiger partial charge in [-0.3, -0.25) is 9.59 Å². The zero-order valence-electron chi connectivity index (χ0n) is 11.5. The summed E-state index contributed by atoms with van der Waals surface area (Å²) >= 11 is 0. The van der Waals surface area contributed by atoms with Crippen molar-refractivity contribution in [1.29, 1.82) is 0 Å². The first-order chi connectivity index (χ1) is 9.51. The van der Waals surface area contributed by atoms with Gasteiger partial charge >= 0.3 is 5.97 Å². The van der Waals surface area contributed by atoms with E-state index in [-0.39, 0.29) is 12.3 Å². The smallest absolute Gasteiger partial charge is 0.305 e. The molecule has 1 aliphatic rings. The molecule has 1 aliphatic heterocycles. The molecule has 0 bridgehead atoms. The molecule has 5 nitrogen and oxygen atoms in total. The van der Waals surface area contributed by atoms with Crippen molar-refractivity contribution in [1.82, 2.24) is 5.32 Å². The molecule has 1 aromatic rings. The summed E-state index contributed by atoms with van der Waals surface area (Å²) in [4.78, 5) is 23.3. The molecule has 2 N–H and O–H groups in total. The number of ether oxygens (including phenoxy) is 1. The van der Waals surface area contributed by atoms with E-state index in [9.17, 15) is 9.59 Å². The molecule has 0 spiro atoms. The van der Waals surface area contributed by atoms with Gasteiger partial charge in [0.05, 0.1) is 12.5 Å². The summed E-state index contributed by atoms with van der Waals surface area (Å²) < 4.78 is 5.48. The van der Waals surface area contributed by atoms with Crippen LogP contribution in [-0.2, 0) is 14.3 Å². The number of carbonyl (C=O) groups is 2. The van der Waals surface area contributed by atoms with E-state index in [4.69, 9.17) is 9.84 Å². The van der Waals surface area contributed by atoms with Gasteiger partial charge in [-0.05, 0) is 25.3 Å². The van der Waals surface area contributed by atoms with Crippen molar-refractivity contribution in [2.24, 2.45) is 0 Å². The van der Waals surface area contributed by atoms with Crippen molar-refractivity contribution in [3.8, 4) is 0 Å². The molecule has 0 saturated carbocycles. The second-order valence-electron chi connectivity index (χ2n) is 5.22. The minimum absolute atomic E-state index is 0.147. The topological polar surface area (TPSA) is 75.6 Å². The van der Waals surface area contributed by atoms with Gasteiger partial charge < -0.3 is 15.2 Å². The molecule has 0 radical (unpaired) electrons. The maximum absolute atomic E-state index is 12.3. The van der Waals surface area contributed by atoms with Crippen LogP contribution in [0.4, 0.5) is 0 Å². The fourth-order valence-corrected chi connectivity index (χ4v) is 2.38. The third-order valence-corrected chi connectivity index (χ3v) is 3.59. The summed E-state index contributed by atoms with van der Waals surface area (Å²) in [6, 6.07) is 8.58. The fourth-order valence-electron chi connectivity index (χ4n) is 2.38. The lowest BCUT2D eigenvalue weighted by Gasteiger charge is -2.26. The molecular formula is C15H19NO4. The number of amides is 1. The molecule has 108 valence electrons. The van der Waals surface area contributed by atoms with Crippen LogP contribution in [-0.4, -0.2) is 29.2 Å².